The highest BCUT2D eigenvalue weighted by molar-refractivity contribution is 5.77. The Balaban J connectivity index is 2.94. The summed E-state index contributed by atoms with van der Waals surface area (Å²) in [6.45, 7) is 9.71. The number of rotatable bonds is 1. The van der Waals surface area contributed by atoms with E-state index in [4.69, 9.17) is 4.74 Å². The van der Waals surface area contributed by atoms with E-state index in [1.165, 1.54) is 5.57 Å². The van der Waals surface area contributed by atoms with Crippen LogP contribution in [0.4, 0.5) is 0 Å². The van der Waals surface area contributed by atoms with Gasteiger partial charge in [-0.3, -0.25) is 4.79 Å². The van der Waals surface area contributed by atoms with Gasteiger partial charge in [0.1, 0.15) is 5.76 Å². The lowest BCUT2D eigenvalue weighted by Gasteiger charge is -2.19. The van der Waals surface area contributed by atoms with Gasteiger partial charge in [-0.15, -0.1) is 0 Å². The zero-order valence-corrected chi connectivity index (χ0v) is 11.5. The molecule has 17 heavy (non-hydrogen) atoms. The Labute approximate surface area is 104 Å². The van der Waals surface area contributed by atoms with Crippen molar-refractivity contribution in [1.82, 2.24) is 0 Å². The molecule has 1 aliphatic rings. The first-order valence-electron chi connectivity index (χ1n) is 6.08. The van der Waals surface area contributed by atoms with Gasteiger partial charge in [0.25, 0.3) is 0 Å². The van der Waals surface area contributed by atoms with Gasteiger partial charge in [-0.05, 0) is 59.1 Å². The lowest BCUT2D eigenvalue weighted by Crippen LogP contribution is -2.23. The van der Waals surface area contributed by atoms with Crippen LogP contribution in [0.2, 0.25) is 0 Å². The van der Waals surface area contributed by atoms with Crippen LogP contribution in [0.1, 0.15) is 47.5 Å². The third-order valence-electron chi connectivity index (χ3n) is 2.66. The minimum absolute atomic E-state index is 0.183. The summed E-state index contributed by atoms with van der Waals surface area (Å²) in [5.41, 5.74) is 1.89. The van der Waals surface area contributed by atoms with E-state index < -0.39 is 5.41 Å². The molecule has 2 nitrogen and oxygen atoms in total. The molecule has 0 aliphatic heterocycles. The lowest BCUT2D eigenvalue weighted by molar-refractivity contribution is -0.148. The smallest absolute Gasteiger partial charge is 0.316 e. The lowest BCUT2D eigenvalue weighted by atomic mass is 9.97. The number of esters is 1. The van der Waals surface area contributed by atoms with Crippen molar-refractivity contribution >= 4 is 5.97 Å². The van der Waals surface area contributed by atoms with Crippen molar-refractivity contribution in [2.24, 2.45) is 5.41 Å². The highest BCUT2D eigenvalue weighted by Crippen LogP contribution is 2.27. The van der Waals surface area contributed by atoms with E-state index in [2.05, 4.69) is 19.9 Å². The van der Waals surface area contributed by atoms with Crippen molar-refractivity contribution in [3.05, 3.63) is 35.1 Å². The maximum Gasteiger partial charge on any atom is 0.316 e. The van der Waals surface area contributed by atoms with Gasteiger partial charge < -0.3 is 4.74 Å². The molecule has 0 aromatic rings. The normalized spacial score (nSPS) is 16.3. The Morgan fingerprint density at radius 2 is 1.94 bits per heavy atom. The molecule has 0 amide bonds. The molecule has 1 rings (SSSR count). The van der Waals surface area contributed by atoms with Gasteiger partial charge >= 0.3 is 5.97 Å². The van der Waals surface area contributed by atoms with E-state index >= 15 is 0 Å². The van der Waals surface area contributed by atoms with Crippen molar-refractivity contribution in [2.75, 3.05) is 0 Å². The van der Waals surface area contributed by atoms with Gasteiger partial charge in [0, 0.05) is 0 Å². The molecule has 0 atom stereocenters. The molecule has 0 fully saturated rings. The molecule has 2 heteroatoms. The Hall–Kier alpha value is -1.31. The highest BCUT2D eigenvalue weighted by atomic mass is 16.5. The average molecular weight is 234 g/mol. The fourth-order valence-electron chi connectivity index (χ4n) is 1.55. The van der Waals surface area contributed by atoms with E-state index in [0.29, 0.717) is 5.76 Å². The number of allylic oxidation sites excluding steroid dienone is 5. The van der Waals surface area contributed by atoms with E-state index in [1.807, 2.05) is 32.9 Å². The number of carbonyl (C=O) groups excluding carboxylic acids is 1. The predicted octanol–water partition coefficient (Wildman–Crippen LogP) is 4.15. The highest BCUT2D eigenvalue weighted by Gasteiger charge is 2.25. The van der Waals surface area contributed by atoms with Crippen molar-refractivity contribution in [2.45, 2.75) is 47.5 Å². The summed E-state index contributed by atoms with van der Waals surface area (Å²) in [4.78, 5) is 11.9. The molecule has 0 radical (unpaired) electrons. The molecule has 0 N–H and O–H groups in total. The molecule has 94 valence electrons. The van der Waals surface area contributed by atoms with E-state index in [1.54, 1.807) is 0 Å². The molecule has 0 saturated carbocycles. The van der Waals surface area contributed by atoms with Gasteiger partial charge in [-0.1, -0.05) is 17.7 Å². The second kappa shape index (κ2) is 5.35. The van der Waals surface area contributed by atoms with Crippen LogP contribution in [-0.4, -0.2) is 5.97 Å². The van der Waals surface area contributed by atoms with Gasteiger partial charge in [0.15, 0.2) is 0 Å². The van der Waals surface area contributed by atoms with Crippen LogP contribution in [0, 0.1) is 5.41 Å². The zero-order chi connectivity index (χ0) is 13.1. The molecule has 0 aromatic heterocycles. The fraction of sp³-hybridized carbons (Fsp3) is 0.533. The first-order valence-corrected chi connectivity index (χ1v) is 6.08. The van der Waals surface area contributed by atoms with Crippen molar-refractivity contribution in [3.63, 3.8) is 0 Å². The average Bonchev–Trinajstić information content (AvgIpc) is 2.41. The van der Waals surface area contributed by atoms with Gasteiger partial charge in [-0.25, -0.2) is 0 Å². The second-order valence-corrected chi connectivity index (χ2v) is 5.62. The Bertz CT molecular complexity index is 386. The summed E-state index contributed by atoms with van der Waals surface area (Å²) < 4.78 is 5.52. The van der Waals surface area contributed by atoms with Crippen LogP contribution < -0.4 is 0 Å². The molecule has 0 heterocycles. The molecule has 0 bridgehead atoms. The number of carbonyl (C=O) groups is 1. The van der Waals surface area contributed by atoms with Crippen molar-refractivity contribution in [1.29, 1.82) is 0 Å². The quantitative estimate of drug-likeness (QED) is 0.637. The van der Waals surface area contributed by atoms with Crippen LogP contribution in [0.3, 0.4) is 0 Å². The molecule has 0 aromatic carbocycles. The van der Waals surface area contributed by atoms with E-state index in [0.717, 1.165) is 18.4 Å². The molecular formula is C15H22O2. The molecule has 0 saturated heterocycles. The largest absolute Gasteiger partial charge is 0.426 e. The predicted molar refractivity (Wildman–Crippen MR) is 70.4 cm³/mol. The number of hydrogen-bond donors (Lipinski definition) is 0. The van der Waals surface area contributed by atoms with Gasteiger partial charge in [0.05, 0.1) is 5.41 Å². The Kier molecular flexibility index (Phi) is 4.33. The first-order chi connectivity index (χ1) is 7.82. The molecule has 1 aliphatic carbocycles. The van der Waals surface area contributed by atoms with Crippen LogP contribution >= 0.6 is 0 Å². The Morgan fingerprint density at radius 3 is 2.47 bits per heavy atom. The summed E-state index contributed by atoms with van der Waals surface area (Å²) in [5.74, 6) is 0.525. The summed E-state index contributed by atoms with van der Waals surface area (Å²) in [7, 11) is 0. The minimum Gasteiger partial charge on any atom is -0.426 e. The van der Waals surface area contributed by atoms with Crippen LogP contribution in [0.15, 0.2) is 35.1 Å². The van der Waals surface area contributed by atoms with E-state index in [9.17, 15) is 4.79 Å². The van der Waals surface area contributed by atoms with Crippen molar-refractivity contribution < 1.29 is 9.53 Å². The summed E-state index contributed by atoms with van der Waals surface area (Å²) in [5, 5.41) is 0. The zero-order valence-electron chi connectivity index (χ0n) is 11.5. The van der Waals surface area contributed by atoms with Crippen LogP contribution in [0.5, 0.6) is 0 Å². The molecule has 0 unspecified atom stereocenters. The summed E-state index contributed by atoms with van der Waals surface area (Å²) >= 11 is 0. The number of ether oxygens (including phenoxy) is 1. The first kappa shape index (κ1) is 13.8. The summed E-state index contributed by atoms with van der Waals surface area (Å²) in [6.07, 6.45) is 7.87. The monoisotopic (exact) mass is 234 g/mol. The third-order valence-corrected chi connectivity index (χ3v) is 2.66. The van der Waals surface area contributed by atoms with Gasteiger partial charge in [-0.2, -0.15) is 0 Å². The van der Waals surface area contributed by atoms with Gasteiger partial charge in [0.2, 0.25) is 0 Å². The standard InChI is InChI=1S/C15H22O2/c1-11(2)12-9-7-6-8-10-13(12)17-14(16)15(3,4)5/h6,8,10H,7,9H2,1-5H3. The topological polar surface area (TPSA) is 26.3 Å². The van der Waals surface area contributed by atoms with Crippen LogP contribution in [-0.2, 0) is 9.53 Å². The second-order valence-electron chi connectivity index (χ2n) is 5.62. The molecule has 0 spiro atoms. The molecular weight excluding hydrogens is 212 g/mol. The Morgan fingerprint density at radius 1 is 1.29 bits per heavy atom. The third kappa shape index (κ3) is 3.88. The van der Waals surface area contributed by atoms with E-state index in [-0.39, 0.29) is 5.97 Å². The maximum absolute atomic E-state index is 11.9. The maximum atomic E-state index is 11.9. The number of hydrogen-bond acceptors (Lipinski definition) is 2. The minimum atomic E-state index is -0.469. The van der Waals surface area contributed by atoms with Crippen molar-refractivity contribution in [3.8, 4) is 0 Å². The summed E-state index contributed by atoms with van der Waals surface area (Å²) in [6, 6.07) is 0. The SMILES string of the molecule is CC(C)=C1CCC=CC=C1OC(=O)C(C)(C)C. The fourth-order valence-corrected chi connectivity index (χ4v) is 1.55. The van der Waals surface area contributed by atoms with Crippen LogP contribution in [0.25, 0.3) is 0 Å².